The maximum absolute atomic E-state index is 2.39. The second-order valence-corrected chi connectivity index (χ2v) is 14.4. The standard InChI is InChI=1S/C28H60P.2FH/c1-5-9-13-14-15-16-17-18-19-20-21-22-23-24-28-29(25-10-6-2,26-11-7-3)27-12-8-4;;/h5-28H2,1-4H3;2*1H/q+1;;/p-1. The highest BCUT2D eigenvalue weighted by Gasteiger charge is 2.34. The summed E-state index contributed by atoms with van der Waals surface area (Å²) < 4.78 is 0. The van der Waals surface area contributed by atoms with Gasteiger partial charge < -0.3 is 4.70 Å². The average Bonchev–Trinajstić information content (AvgIpc) is 2.74. The van der Waals surface area contributed by atoms with Crippen LogP contribution in [-0.2, 0) is 0 Å². The maximum atomic E-state index is 2.39. The quantitative estimate of drug-likeness (QED) is 0.0997. The lowest BCUT2D eigenvalue weighted by Gasteiger charge is -2.28. The van der Waals surface area contributed by atoms with Crippen LogP contribution in [0.1, 0.15) is 156 Å². The molecule has 0 fully saturated rings. The lowest BCUT2D eigenvalue weighted by Crippen LogP contribution is -3.00. The number of unbranched alkanes of at least 4 members (excludes halogenated alkanes) is 16. The van der Waals surface area contributed by atoms with E-state index >= 15 is 0 Å². The van der Waals surface area contributed by atoms with Crippen LogP contribution in [0.4, 0.5) is 4.70 Å². The minimum absolute atomic E-state index is 0. The molecule has 0 aromatic carbocycles. The summed E-state index contributed by atoms with van der Waals surface area (Å²) in [5.41, 5.74) is 0. The van der Waals surface area contributed by atoms with E-state index in [1.54, 1.807) is 31.1 Å². The van der Waals surface area contributed by atoms with Gasteiger partial charge in [0.25, 0.3) is 0 Å². The molecule has 0 saturated carbocycles. The van der Waals surface area contributed by atoms with Gasteiger partial charge in [0.2, 0.25) is 0 Å². The van der Waals surface area contributed by atoms with E-state index in [2.05, 4.69) is 27.7 Å². The summed E-state index contributed by atoms with van der Waals surface area (Å²) in [5, 5.41) is 0. The van der Waals surface area contributed by atoms with Gasteiger partial charge in [0.05, 0.1) is 24.6 Å². The molecule has 3 heteroatoms. The van der Waals surface area contributed by atoms with Crippen molar-refractivity contribution in [1.29, 1.82) is 0 Å². The molecule has 0 N–H and O–H groups in total. The van der Waals surface area contributed by atoms with Crippen LogP contribution in [-0.4, -0.2) is 24.6 Å². The summed E-state index contributed by atoms with van der Waals surface area (Å²) in [6.07, 6.45) is 36.0. The summed E-state index contributed by atoms with van der Waals surface area (Å²) in [6, 6.07) is 0. The van der Waals surface area contributed by atoms with Crippen LogP contribution in [0.2, 0.25) is 0 Å². The van der Waals surface area contributed by atoms with Gasteiger partial charge in [-0.15, -0.1) is 0 Å². The zero-order valence-electron chi connectivity index (χ0n) is 22.2. The van der Waals surface area contributed by atoms with Gasteiger partial charge in [0.1, 0.15) is 0 Å². The van der Waals surface area contributed by atoms with Crippen LogP contribution in [0.5, 0.6) is 0 Å². The van der Waals surface area contributed by atoms with Crippen LogP contribution in [0, 0.1) is 0 Å². The van der Waals surface area contributed by atoms with E-state index < -0.39 is 7.26 Å². The van der Waals surface area contributed by atoms with Crippen molar-refractivity contribution in [1.82, 2.24) is 0 Å². The van der Waals surface area contributed by atoms with Crippen LogP contribution >= 0.6 is 7.26 Å². The SMILES string of the molecule is CCCCCCCCCCCCCCCC[P+](CCCC)(CCCC)CCCC.F.[F-]. The van der Waals surface area contributed by atoms with Gasteiger partial charge in [0.15, 0.2) is 0 Å². The first-order chi connectivity index (χ1) is 14.2. The summed E-state index contributed by atoms with van der Waals surface area (Å²) >= 11 is 0. The Balaban J connectivity index is -0.00000392. The van der Waals surface area contributed by atoms with Crippen LogP contribution < -0.4 is 4.70 Å². The molecule has 0 rings (SSSR count). The molecule has 0 aliphatic carbocycles. The van der Waals surface area contributed by atoms with E-state index in [1.807, 2.05) is 0 Å². The Bertz CT molecular complexity index is 288. The monoisotopic (exact) mass is 466 g/mol. The fraction of sp³-hybridized carbons (Fsp3) is 1.00. The Labute approximate surface area is 197 Å². The van der Waals surface area contributed by atoms with Gasteiger partial charge in [-0.05, 0) is 32.1 Å². The third kappa shape index (κ3) is 23.3. The van der Waals surface area contributed by atoms with Gasteiger partial charge in [-0.3, -0.25) is 4.70 Å². The first-order valence-electron chi connectivity index (χ1n) is 14.1. The number of halogens is 2. The molecular formula is C28H61F2P. The Morgan fingerprint density at radius 3 is 0.839 bits per heavy atom. The van der Waals surface area contributed by atoms with E-state index in [1.165, 1.54) is 122 Å². The molecule has 0 heterocycles. The fourth-order valence-corrected chi connectivity index (χ4v) is 9.99. The molecule has 0 saturated heterocycles. The Hall–Kier alpha value is 0.290. The van der Waals surface area contributed by atoms with Crippen LogP contribution in [0.3, 0.4) is 0 Å². The van der Waals surface area contributed by atoms with E-state index in [0.717, 1.165) is 0 Å². The van der Waals surface area contributed by atoms with Crippen LogP contribution in [0.15, 0.2) is 0 Å². The van der Waals surface area contributed by atoms with Crippen molar-refractivity contribution in [3.05, 3.63) is 0 Å². The van der Waals surface area contributed by atoms with Crippen molar-refractivity contribution in [2.45, 2.75) is 156 Å². The van der Waals surface area contributed by atoms with Crippen molar-refractivity contribution in [2.24, 2.45) is 0 Å². The zero-order valence-corrected chi connectivity index (χ0v) is 23.1. The molecule has 0 aliphatic heterocycles. The molecule has 0 unspecified atom stereocenters. The molecule has 31 heavy (non-hydrogen) atoms. The normalized spacial score (nSPS) is 11.2. The summed E-state index contributed by atoms with van der Waals surface area (Å²) in [5.74, 6) is 0. The second kappa shape index (κ2) is 28.3. The summed E-state index contributed by atoms with van der Waals surface area (Å²) in [7, 11) is -0.630. The summed E-state index contributed by atoms with van der Waals surface area (Å²) in [6.45, 7) is 9.48. The van der Waals surface area contributed by atoms with Gasteiger partial charge in [-0.2, -0.15) is 0 Å². The maximum Gasteiger partial charge on any atom is 0.0594 e. The lowest BCUT2D eigenvalue weighted by molar-refractivity contribution is -0.00000756. The highest BCUT2D eigenvalue weighted by atomic mass is 31.2. The molecule has 0 amide bonds. The largest absolute Gasteiger partial charge is 1.00 e. The molecule has 0 bridgehead atoms. The highest BCUT2D eigenvalue weighted by Crippen LogP contribution is 2.61. The van der Waals surface area contributed by atoms with Crippen molar-refractivity contribution in [3.8, 4) is 0 Å². The Kier molecular flexibility index (Phi) is 32.8. The molecule has 0 aliphatic rings. The van der Waals surface area contributed by atoms with E-state index in [0.29, 0.717) is 0 Å². The second-order valence-electron chi connectivity index (χ2n) is 9.89. The van der Waals surface area contributed by atoms with Gasteiger partial charge in [-0.25, -0.2) is 0 Å². The number of rotatable bonds is 24. The minimum atomic E-state index is -0.630. The number of hydrogen-bond acceptors (Lipinski definition) is 0. The van der Waals surface area contributed by atoms with Gasteiger partial charge >= 0.3 is 0 Å². The van der Waals surface area contributed by atoms with Gasteiger partial charge in [-0.1, -0.05) is 124 Å². The van der Waals surface area contributed by atoms with E-state index in [9.17, 15) is 0 Å². The molecule has 0 nitrogen and oxygen atoms in total. The molecule has 192 valence electrons. The van der Waals surface area contributed by atoms with E-state index in [4.69, 9.17) is 0 Å². The first-order valence-corrected chi connectivity index (χ1v) is 16.6. The molecular weight excluding hydrogens is 405 g/mol. The lowest BCUT2D eigenvalue weighted by atomic mass is 10.0. The van der Waals surface area contributed by atoms with Crippen molar-refractivity contribution in [2.75, 3.05) is 24.6 Å². The third-order valence-electron chi connectivity index (χ3n) is 6.94. The number of hydrogen-bond donors (Lipinski definition) is 0. The van der Waals surface area contributed by atoms with E-state index in [-0.39, 0.29) is 9.41 Å². The zero-order chi connectivity index (χ0) is 21.5. The molecule has 0 spiro atoms. The third-order valence-corrected chi connectivity index (χ3v) is 12.0. The predicted molar refractivity (Wildman–Crippen MR) is 144 cm³/mol. The predicted octanol–water partition coefficient (Wildman–Crippen LogP) is 8.04. The summed E-state index contributed by atoms with van der Waals surface area (Å²) in [4.78, 5) is 0. The fourth-order valence-electron chi connectivity index (χ4n) is 4.79. The van der Waals surface area contributed by atoms with Crippen molar-refractivity contribution < 1.29 is 9.41 Å². The Morgan fingerprint density at radius 1 is 0.323 bits per heavy atom. The smallest absolute Gasteiger partial charge is 0.0594 e. The molecule has 0 aromatic rings. The Morgan fingerprint density at radius 2 is 0.548 bits per heavy atom. The van der Waals surface area contributed by atoms with Crippen molar-refractivity contribution in [3.63, 3.8) is 0 Å². The molecule has 0 atom stereocenters. The van der Waals surface area contributed by atoms with Crippen LogP contribution in [0.25, 0.3) is 0 Å². The average molecular weight is 467 g/mol. The molecule has 0 radical (unpaired) electrons. The van der Waals surface area contributed by atoms with Gasteiger partial charge in [0, 0.05) is 7.26 Å². The minimum Gasteiger partial charge on any atom is -1.00 e. The highest BCUT2D eigenvalue weighted by molar-refractivity contribution is 7.75. The van der Waals surface area contributed by atoms with Crippen molar-refractivity contribution >= 4 is 7.26 Å². The topological polar surface area (TPSA) is 0 Å². The first kappa shape index (κ1) is 35.9. The molecule has 0 aromatic heterocycles.